The van der Waals surface area contributed by atoms with E-state index < -0.39 is 5.91 Å². The van der Waals surface area contributed by atoms with Crippen LogP contribution in [0.2, 0.25) is 0 Å². The highest BCUT2D eigenvalue weighted by atomic mass is 16.5. The van der Waals surface area contributed by atoms with Crippen molar-refractivity contribution in [3.8, 4) is 11.8 Å². The molecular formula is C15H16N4O2. The molecule has 0 saturated heterocycles. The molecular weight excluding hydrogens is 268 g/mol. The van der Waals surface area contributed by atoms with Gasteiger partial charge in [-0.2, -0.15) is 5.26 Å². The molecule has 0 aliphatic rings. The number of carbonyl (C=O) groups excluding carboxylic acids is 1. The van der Waals surface area contributed by atoms with Gasteiger partial charge in [0.25, 0.3) is 5.91 Å². The van der Waals surface area contributed by atoms with Crippen LogP contribution in [0.15, 0.2) is 30.1 Å². The average Bonchev–Trinajstić information content (AvgIpc) is 2.83. The highest BCUT2D eigenvalue weighted by molar-refractivity contribution is 5.96. The lowest BCUT2D eigenvalue weighted by molar-refractivity contribution is -0.114. The number of nitriles is 1. The molecule has 0 aromatic carbocycles. The molecule has 0 unspecified atom stereocenters. The second-order valence-corrected chi connectivity index (χ2v) is 4.81. The number of pyridine rings is 1. The van der Waals surface area contributed by atoms with Crippen LogP contribution in [-0.4, -0.2) is 22.0 Å². The number of primary amides is 1. The van der Waals surface area contributed by atoms with Gasteiger partial charge in [0.05, 0.1) is 11.5 Å². The fourth-order valence-corrected chi connectivity index (χ4v) is 2.02. The van der Waals surface area contributed by atoms with Crippen LogP contribution in [-0.2, 0) is 11.2 Å². The first kappa shape index (κ1) is 14.6. The van der Waals surface area contributed by atoms with Gasteiger partial charge in [0.15, 0.2) is 0 Å². The number of aromatic nitrogens is 2. The molecule has 6 nitrogen and oxygen atoms in total. The quantitative estimate of drug-likeness (QED) is 0.645. The Hall–Kier alpha value is -2.81. The smallest absolute Gasteiger partial charge is 0.259 e. The molecule has 2 aromatic rings. The van der Waals surface area contributed by atoms with Gasteiger partial charge in [-0.05, 0) is 31.9 Å². The zero-order valence-corrected chi connectivity index (χ0v) is 11.9. The third-order valence-electron chi connectivity index (χ3n) is 2.89. The number of carbonyl (C=O) groups is 1. The lowest BCUT2D eigenvalue weighted by atomic mass is 10.1. The van der Waals surface area contributed by atoms with Crippen molar-refractivity contribution >= 4 is 16.9 Å². The van der Waals surface area contributed by atoms with Crippen LogP contribution >= 0.6 is 0 Å². The lowest BCUT2D eigenvalue weighted by Crippen LogP contribution is -2.12. The Morgan fingerprint density at radius 2 is 2.38 bits per heavy atom. The number of nitrogens with two attached hydrogens (primary N) is 1. The van der Waals surface area contributed by atoms with Crippen LogP contribution in [0.3, 0.4) is 0 Å². The Kier molecular flexibility index (Phi) is 4.24. The van der Waals surface area contributed by atoms with E-state index in [2.05, 4.69) is 9.97 Å². The van der Waals surface area contributed by atoms with Crippen molar-refractivity contribution in [3.63, 3.8) is 0 Å². The number of nitrogens with one attached hydrogen (secondary N) is 1. The minimum absolute atomic E-state index is 0.0363. The van der Waals surface area contributed by atoms with E-state index in [9.17, 15) is 4.79 Å². The number of allylic oxidation sites excluding steroid dienone is 1. The van der Waals surface area contributed by atoms with Gasteiger partial charge in [0.2, 0.25) is 0 Å². The van der Waals surface area contributed by atoms with E-state index in [0.717, 1.165) is 16.7 Å². The normalized spacial score (nSPS) is 11.6. The first-order valence-electron chi connectivity index (χ1n) is 6.54. The number of hydrogen-bond acceptors (Lipinski definition) is 4. The van der Waals surface area contributed by atoms with E-state index in [4.69, 9.17) is 15.7 Å². The summed E-state index contributed by atoms with van der Waals surface area (Å²) in [4.78, 5) is 18.3. The molecule has 0 atom stereocenters. The van der Waals surface area contributed by atoms with Crippen molar-refractivity contribution < 1.29 is 9.53 Å². The first-order chi connectivity index (χ1) is 10.0. The van der Waals surface area contributed by atoms with Gasteiger partial charge in [-0.25, -0.2) is 4.98 Å². The van der Waals surface area contributed by atoms with E-state index >= 15 is 0 Å². The summed E-state index contributed by atoms with van der Waals surface area (Å²) in [5, 5.41) is 9.70. The van der Waals surface area contributed by atoms with Crippen molar-refractivity contribution in [3.05, 3.63) is 35.7 Å². The van der Waals surface area contributed by atoms with E-state index in [0.29, 0.717) is 12.1 Å². The van der Waals surface area contributed by atoms with Crippen molar-refractivity contribution in [1.82, 2.24) is 9.97 Å². The van der Waals surface area contributed by atoms with Crippen LogP contribution in [0.4, 0.5) is 0 Å². The molecule has 1 amide bonds. The van der Waals surface area contributed by atoms with Crippen LogP contribution in [0.1, 0.15) is 19.4 Å². The van der Waals surface area contributed by atoms with Gasteiger partial charge in [-0.15, -0.1) is 0 Å². The maximum atomic E-state index is 11.1. The number of ether oxygens (including phenoxy) is 1. The standard InChI is InChI=1S/C15H16N4O2/c1-9(2)21-12-5-6-18-15-13(12)11(8-19-15)4-3-10(7-16)14(17)20/h3,5-6,8-9H,4H2,1-2H3,(H2,17,20)(H,18,19)/b10-3+. The number of amides is 1. The summed E-state index contributed by atoms with van der Waals surface area (Å²) in [6, 6.07) is 3.58. The molecule has 2 heterocycles. The van der Waals surface area contributed by atoms with Gasteiger partial charge < -0.3 is 15.5 Å². The first-order valence-corrected chi connectivity index (χ1v) is 6.54. The number of fused-ring (bicyclic) bond motifs is 1. The summed E-state index contributed by atoms with van der Waals surface area (Å²) in [6.07, 6.45) is 5.40. The molecule has 0 spiro atoms. The molecule has 0 saturated carbocycles. The molecule has 0 aliphatic carbocycles. The van der Waals surface area contributed by atoms with Gasteiger partial charge in [-0.1, -0.05) is 6.08 Å². The molecule has 3 N–H and O–H groups in total. The minimum Gasteiger partial charge on any atom is -0.490 e. The zero-order chi connectivity index (χ0) is 15.4. The number of rotatable bonds is 5. The summed E-state index contributed by atoms with van der Waals surface area (Å²) in [7, 11) is 0. The molecule has 6 heteroatoms. The second-order valence-electron chi connectivity index (χ2n) is 4.81. The van der Waals surface area contributed by atoms with Crippen molar-refractivity contribution in [1.29, 1.82) is 5.26 Å². The number of hydrogen-bond donors (Lipinski definition) is 2. The van der Waals surface area contributed by atoms with Gasteiger partial charge in [-0.3, -0.25) is 4.79 Å². The second kappa shape index (κ2) is 6.09. The fourth-order valence-electron chi connectivity index (χ4n) is 2.02. The van der Waals surface area contributed by atoms with E-state index in [1.165, 1.54) is 6.08 Å². The number of aromatic amines is 1. The summed E-state index contributed by atoms with van der Waals surface area (Å²) in [5.74, 6) is -0.00801. The minimum atomic E-state index is -0.728. The number of nitrogens with zero attached hydrogens (tertiary/aromatic N) is 2. The van der Waals surface area contributed by atoms with E-state index in [1.807, 2.05) is 13.8 Å². The Morgan fingerprint density at radius 3 is 3.00 bits per heavy atom. The molecule has 0 radical (unpaired) electrons. The summed E-state index contributed by atoms with van der Waals surface area (Å²) >= 11 is 0. The topological polar surface area (TPSA) is 105 Å². The third kappa shape index (κ3) is 3.20. The van der Waals surface area contributed by atoms with Gasteiger partial charge >= 0.3 is 0 Å². The lowest BCUT2D eigenvalue weighted by Gasteiger charge is -2.11. The fraction of sp³-hybridized carbons (Fsp3) is 0.267. The number of H-pyrrole nitrogens is 1. The molecule has 0 aliphatic heterocycles. The molecule has 2 aromatic heterocycles. The Morgan fingerprint density at radius 1 is 1.62 bits per heavy atom. The molecule has 0 bridgehead atoms. The summed E-state index contributed by atoms with van der Waals surface area (Å²) in [5.41, 5.74) is 6.66. The summed E-state index contributed by atoms with van der Waals surface area (Å²) in [6.45, 7) is 3.89. The van der Waals surface area contributed by atoms with Crippen LogP contribution in [0.5, 0.6) is 5.75 Å². The predicted octanol–water partition coefficient (Wildman–Crippen LogP) is 1.83. The highest BCUT2D eigenvalue weighted by Gasteiger charge is 2.12. The van der Waals surface area contributed by atoms with Crippen LogP contribution < -0.4 is 10.5 Å². The average molecular weight is 284 g/mol. The Bertz CT molecular complexity index is 738. The summed E-state index contributed by atoms with van der Waals surface area (Å²) < 4.78 is 5.77. The third-order valence-corrected chi connectivity index (χ3v) is 2.89. The largest absolute Gasteiger partial charge is 0.490 e. The monoisotopic (exact) mass is 284 g/mol. The SMILES string of the molecule is CC(C)Oc1ccnc2[nH]cc(C/C=C(\C#N)C(N)=O)c12. The molecule has 21 heavy (non-hydrogen) atoms. The van der Waals surface area contributed by atoms with E-state index in [-0.39, 0.29) is 11.7 Å². The zero-order valence-electron chi connectivity index (χ0n) is 11.9. The van der Waals surface area contributed by atoms with Crippen LogP contribution in [0, 0.1) is 11.3 Å². The van der Waals surface area contributed by atoms with E-state index in [1.54, 1.807) is 24.5 Å². The van der Waals surface area contributed by atoms with Gasteiger partial charge in [0.1, 0.15) is 23.0 Å². The maximum Gasteiger partial charge on any atom is 0.259 e. The highest BCUT2D eigenvalue weighted by Crippen LogP contribution is 2.28. The maximum absolute atomic E-state index is 11.1. The van der Waals surface area contributed by atoms with Crippen molar-refractivity contribution in [2.75, 3.05) is 0 Å². The van der Waals surface area contributed by atoms with Crippen molar-refractivity contribution in [2.24, 2.45) is 5.73 Å². The molecule has 108 valence electrons. The predicted molar refractivity (Wildman–Crippen MR) is 78.5 cm³/mol. The van der Waals surface area contributed by atoms with Gasteiger partial charge in [0, 0.05) is 12.4 Å². The Balaban J connectivity index is 2.41. The molecule has 2 rings (SSSR count). The van der Waals surface area contributed by atoms with Crippen molar-refractivity contribution in [2.45, 2.75) is 26.4 Å². The van der Waals surface area contributed by atoms with Crippen LogP contribution in [0.25, 0.3) is 11.0 Å². The Labute approximate surface area is 122 Å². The molecule has 0 fully saturated rings.